The SMILES string of the molecule is CC(C)(C)OC(=O)[C@@H](N)C(C(=O)NCc1ccccn1)C(=O)OCc1ccccc1. The summed E-state index contributed by atoms with van der Waals surface area (Å²) < 4.78 is 10.5. The monoisotopic (exact) mass is 413 g/mol. The van der Waals surface area contributed by atoms with E-state index in [1.807, 2.05) is 6.07 Å². The summed E-state index contributed by atoms with van der Waals surface area (Å²) in [6.45, 7) is 5.03. The molecule has 0 spiro atoms. The molecule has 1 amide bonds. The highest BCUT2D eigenvalue weighted by molar-refractivity contribution is 6.02. The van der Waals surface area contributed by atoms with Crippen LogP contribution in [-0.2, 0) is 37.0 Å². The van der Waals surface area contributed by atoms with Gasteiger partial charge in [0.2, 0.25) is 5.91 Å². The summed E-state index contributed by atoms with van der Waals surface area (Å²) in [6.07, 6.45) is 1.58. The van der Waals surface area contributed by atoms with E-state index < -0.39 is 35.4 Å². The highest BCUT2D eigenvalue weighted by Crippen LogP contribution is 2.14. The zero-order valence-electron chi connectivity index (χ0n) is 17.3. The third kappa shape index (κ3) is 7.29. The summed E-state index contributed by atoms with van der Waals surface area (Å²) in [6, 6.07) is 12.7. The summed E-state index contributed by atoms with van der Waals surface area (Å²) in [5, 5.41) is 2.59. The van der Waals surface area contributed by atoms with Crippen LogP contribution in [0.2, 0.25) is 0 Å². The number of hydrogen-bond donors (Lipinski definition) is 2. The molecule has 3 N–H and O–H groups in total. The van der Waals surface area contributed by atoms with Crippen molar-refractivity contribution in [2.24, 2.45) is 11.7 Å². The molecule has 1 aromatic carbocycles. The maximum Gasteiger partial charge on any atom is 0.324 e. The van der Waals surface area contributed by atoms with Gasteiger partial charge in [0.1, 0.15) is 18.2 Å². The number of amides is 1. The van der Waals surface area contributed by atoms with Gasteiger partial charge in [0, 0.05) is 6.20 Å². The molecule has 0 bridgehead atoms. The normalized spacial score (nSPS) is 13.1. The van der Waals surface area contributed by atoms with Gasteiger partial charge in [-0.2, -0.15) is 0 Å². The Morgan fingerprint density at radius 2 is 1.70 bits per heavy atom. The Morgan fingerprint density at radius 1 is 1.03 bits per heavy atom. The predicted molar refractivity (Wildman–Crippen MR) is 110 cm³/mol. The maximum atomic E-state index is 12.8. The number of benzene rings is 1. The minimum Gasteiger partial charge on any atom is -0.460 e. The van der Waals surface area contributed by atoms with Crippen LogP contribution in [0.3, 0.4) is 0 Å². The van der Waals surface area contributed by atoms with Crippen LogP contribution in [0.1, 0.15) is 32.0 Å². The third-order valence-corrected chi connectivity index (χ3v) is 3.97. The van der Waals surface area contributed by atoms with Crippen LogP contribution < -0.4 is 11.1 Å². The van der Waals surface area contributed by atoms with Crippen molar-refractivity contribution in [3.8, 4) is 0 Å². The van der Waals surface area contributed by atoms with Gasteiger partial charge in [-0.3, -0.25) is 19.4 Å². The van der Waals surface area contributed by atoms with Gasteiger partial charge in [0.15, 0.2) is 5.92 Å². The van der Waals surface area contributed by atoms with Gasteiger partial charge in [-0.05, 0) is 38.5 Å². The molecular formula is C22H27N3O5. The molecule has 0 fully saturated rings. The molecule has 30 heavy (non-hydrogen) atoms. The van der Waals surface area contributed by atoms with Crippen LogP contribution in [0.25, 0.3) is 0 Å². The lowest BCUT2D eigenvalue weighted by molar-refractivity contribution is -0.166. The number of nitrogens with two attached hydrogens (primary N) is 1. The molecule has 2 aromatic rings. The number of ether oxygens (including phenoxy) is 2. The average molecular weight is 413 g/mol. The quantitative estimate of drug-likeness (QED) is 0.499. The Labute approximate surface area is 175 Å². The molecule has 160 valence electrons. The lowest BCUT2D eigenvalue weighted by Gasteiger charge is -2.25. The maximum absolute atomic E-state index is 12.8. The van der Waals surface area contributed by atoms with Crippen molar-refractivity contribution in [3.05, 3.63) is 66.0 Å². The van der Waals surface area contributed by atoms with Crippen molar-refractivity contribution in [3.63, 3.8) is 0 Å². The van der Waals surface area contributed by atoms with E-state index in [4.69, 9.17) is 15.2 Å². The number of nitrogens with zero attached hydrogens (tertiary/aromatic N) is 1. The van der Waals surface area contributed by atoms with Crippen molar-refractivity contribution in [2.45, 2.75) is 45.6 Å². The van der Waals surface area contributed by atoms with Crippen LogP contribution >= 0.6 is 0 Å². The van der Waals surface area contributed by atoms with E-state index >= 15 is 0 Å². The van der Waals surface area contributed by atoms with E-state index in [9.17, 15) is 14.4 Å². The minimum absolute atomic E-state index is 0.0509. The number of pyridine rings is 1. The molecule has 0 aliphatic carbocycles. The van der Waals surface area contributed by atoms with E-state index in [1.165, 1.54) is 0 Å². The predicted octanol–water partition coefficient (Wildman–Crippen LogP) is 1.73. The number of nitrogens with one attached hydrogen (secondary N) is 1. The number of aromatic nitrogens is 1. The summed E-state index contributed by atoms with van der Waals surface area (Å²) in [7, 11) is 0. The molecule has 0 aliphatic rings. The van der Waals surface area contributed by atoms with E-state index in [0.717, 1.165) is 5.56 Å². The molecular weight excluding hydrogens is 386 g/mol. The molecule has 0 saturated carbocycles. The molecule has 1 unspecified atom stereocenters. The zero-order valence-corrected chi connectivity index (χ0v) is 17.3. The second-order valence-electron chi connectivity index (χ2n) is 7.67. The molecule has 2 atom stereocenters. The first-order valence-electron chi connectivity index (χ1n) is 9.54. The van der Waals surface area contributed by atoms with Crippen LogP contribution in [0, 0.1) is 5.92 Å². The number of rotatable bonds is 8. The van der Waals surface area contributed by atoms with Gasteiger partial charge in [0.05, 0.1) is 12.2 Å². The smallest absolute Gasteiger partial charge is 0.324 e. The van der Waals surface area contributed by atoms with Gasteiger partial charge in [-0.1, -0.05) is 36.4 Å². The highest BCUT2D eigenvalue weighted by atomic mass is 16.6. The lowest BCUT2D eigenvalue weighted by Crippen LogP contribution is -2.52. The van der Waals surface area contributed by atoms with E-state index in [2.05, 4.69) is 10.3 Å². The number of esters is 2. The topological polar surface area (TPSA) is 121 Å². The van der Waals surface area contributed by atoms with Crippen molar-refractivity contribution >= 4 is 17.8 Å². The Kier molecular flexibility index (Phi) is 8.06. The molecule has 0 aliphatic heterocycles. The van der Waals surface area contributed by atoms with Gasteiger partial charge < -0.3 is 20.5 Å². The Morgan fingerprint density at radius 3 is 2.30 bits per heavy atom. The van der Waals surface area contributed by atoms with Crippen LogP contribution in [-0.4, -0.2) is 34.5 Å². The first-order chi connectivity index (χ1) is 14.2. The van der Waals surface area contributed by atoms with Crippen molar-refractivity contribution in [2.75, 3.05) is 0 Å². The van der Waals surface area contributed by atoms with Crippen LogP contribution in [0.15, 0.2) is 54.7 Å². The lowest BCUT2D eigenvalue weighted by atomic mass is 9.99. The Balaban J connectivity index is 2.12. The zero-order chi connectivity index (χ0) is 22.1. The molecule has 8 nitrogen and oxygen atoms in total. The second-order valence-corrected chi connectivity index (χ2v) is 7.67. The van der Waals surface area contributed by atoms with Crippen LogP contribution in [0.4, 0.5) is 0 Å². The second kappa shape index (κ2) is 10.5. The van der Waals surface area contributed by atoms with Crippen LogP contribution in [0.5, 0.6) is 0 Å². The molecule has 2 rings (SSSR count). The minimum atomic E-state index is -1.56. The van der Waals surface area contributed by atoms with E-state index in [-0.39, 0.29) is 13.2 Å². The van der Waals surface area contributed by atoms with Gasteiger partial charge in [-0.25, -0.2) is 0 Å². The van der Waals surface area contributed by atoms with Gasteiger partial charge in [-0.15, -0.1) is 0 Å². The highest BCUT2D eigenvalue weighted by Gasteiger charge is 2.40. The van der Waals surface area contributed by atoms with Crippen molar-refractivity contribution < 1.29 is 23.9 Å². The summed E-state index contributed by atoms with van der Waals surface area (Å²) in [4.78, 5) is 42.0. The fourth-order valence-electron chi connectivity index (χ4n) is 2.53. The van der Waals surface area contributed by atoms with E-state index in [1.54, 1.807) is 69.4 Å². The van der Waals surface area contributed by atoms with Crippen molar-refractivity contribution in [1.82, 2.24) is 10.3 Å². The number of carbonyl (C=O) groups is 3. The third-order valence-electron chi connectivity index (χ3n) is 3.97. The van der Waals surface area contributed by atoms with Gasteiger partial charge in [0.25, 0.3) is 0 Å². The first-order valence-corrected chi connectivity index (χ1v) is 9.54. The van der Waals surface area contributed by atoms with E-state index in [0.29, 0.717) is 5.69 Å². The fraction of sp³-hybridized carbons (Fsp3) is 0.364. The summed E-state index contributed by atoms with van der Waals surface area (Å²) in [5.74, 6) is -4.07. The van der Waals surface area contributed by atoms with Crippen molar-refractivity contribution in [1.29, 1.82) is 0 Å². The standard InChI is InChI=1S/C22H27N3O5/c1-22(2,3)30-21(28)18(23)17(19(26)25-13-16-11-7-8-12-24-16)20(27)29-14-15-9-5-4-6-10-15/h4-12,17-18H,13-14,23H2,1-3H3,(H,25,26)/t17?,18-/m0/s1. The number of hydrogen-bond acceptors (Lipinski definition) is 7. The summed E-state index contributed by atoms with van der Waals surface area (Å²) >= 11 is 0. The molecule has 8 heteroatoms. The molecule has 0 saturated heterocycles. The largest absolute Gasteiger partial charge is 0.460 e. The number of carbonyl (C=O) groups excluding carboxylic acids is 3. The van der Waals surface area contributed by atoms with Gasteiger partial charge >= 0.3 is 11.9 Å². The fourth-order valence-corrected chi connectivity index (χ4v) is 2.53. The summed E-state index contributed by atoms with van der Waals surface area (Å²) in [5.41, 5.74) is 6.47. The Hall–Kier alpha value is -3.26. The molecule has 0 radical (unpaired) electrons. The average Bonchev–Trinajstić information content (AvgIpc) is 2.71. The first kappa shape index (κ1) is 23.0. The Bertz CT molecular complexity index is 795. The molecule has 1 aromatic heterocycles. The molecule has 1 heterocycles.